The molecule has 1 aliphatic heterocycles. The minimum Gasteiger partial charge on any atom is -0.430 e. The fraction of sp³-hybridized carbons (Fsp3) is 0.133. The Kier molecular flexibility index (Phi) is 3.07. The average molecular weight is 350 g/mol. The second-order valence-electron chi connectivity index (χ2n) is 4.32. The van der Waals surface area contributed by atoms with Crippen LogP contribution in [-0.2, 0) is 9.53 Å². The Balaban J connectivity index is 2.13. The highest BCUT2D eigenvalue weighted by Gasteiger charge is 2.32. The zero-order valence-electron chi connectivity index (χ0n) is 9.60. The zero-order valence-corrected chi connectivity index (χ0v) is 11.8. The van der Waals surface area contributed by atoms with Crippen molar-refractivity contribution in [3.05, 3.63) is 57.9 Å². The van der Waals surface area contributed by atoms with E-state index in [0.29, 0.717) is 6.42 Å². The van der Waals surface area contributed by atoms with E-state index < -0.39 is 0 Å². The number of ether oxygens (including phenoxy) is 1. The highest BCUT2D eigenvalue weighted by molar-refractivity contribution is 14.1. The van der Waals surface area contributed by atoms with Gasteiger partial charge in [-0.3, -0.25) is 4.79 Å². The first-order chi connectivity index (χ1) is 8.79. The number of hydrogen-bond donors (Lipinski definition) is 0. The van der Waals surface area contributed by atoms with Crippen molar-refractivity contribution in [2.24, 2.45) is 0 Å². The third kappa shape index (κ3) is 1.92. The predicted molar refractivity (Wildman–Crippen MR) is 79.5 cm³/mol. The van der Waals surface area contributed by atoms with Gasteiger partial charge in [0.1, 0.15) is 5.76 Å². The Morgan fingerprint density at radius 2 is 1.94 bits per heavy atom. The molecule has 0 N–H and O–H groups in total. The summed E-state index contributed by atoms with van der Waals surface area (Å²) in [4.78, 5) is 11.9. The first-order valence-electron chi connectivity index (χ1n) is 5.78. The zero-order chi connectivity index (χ0) is 12.5. The maximum absolute atomic E-state index is 11.9. The molecule has 3 rings (SSSR count). The molecular weight excluding hydrogens is 339 g/mol. The Labute approximate surface area is 119 Å². The number of benzene rings is 2. The number of allylic oxidation sites excluding steroid dienone is 1. The lowest BCUT2D eigenvalue weighted by Gasteiger charge is -2.09. The van der Waals surface area contributed by atoms with Crippen LogP contribution in [0.4, 0.5) is 0 Å². The van der Waals surface area contributed by atoms with E-state index in [-0.39, 0.29) is 11.9 Å². The Hall–Kier alpha value is -1.36. The highest BCUT2D eigenvalue weighted by atomic mass is 127. The summed E-state index contributed by atoms with van der Waals surface area (Å²) in [5.74, 6) is 0.449. The molecule has 1 saturated heterocycles. The van der Waals surface area contributed by atoms with Crippen LogP contribution in [0.2, 0.25) is 0 Å². The maximum Gasteiger partial charge on any atom is 0.318 e. The maximum atomic E-state index is 11.9. The van der Waals surface area contributed by atoms with Crippen LogP contribution in [0.1, 0.15) is 17.9 Å². The van der Waals surface area contributed by atoms with Crippen molar-refractivity contribution in [1.82, 2.24) is 0 Å². The van der Waals surface area contributed by atoms with Crippen LogP contribution in [0.25, 0.3) is 10.8 Å². The normalized spacial score (nSPS) is 21.5. The van der Waals surface area contributed by atoms with Crippen LogP contribution in [0.3, 0.4) is 0 Å². The molecular formula is C15H11IO2. The van der Waals surface area contributed by atoms with Crippen molar-refractivity contribution >= 4 is 39.3 Å². The molecule has 0 aromatic heterocycles. The van der Waals surface area contributed by atoms with Gasteiger partial charge in [-0.1, -0.05) is 42.5 Å². The third-order valence-electron chi connectivity index (χ3n) is 3.24. The number of halogens is 1. The van der Waals surface area contributed by atoms with Gasteiger partial charge in [-0.2, -0.15) is 0 Å². The third-order valence-corrected chi connectivity index (χ3v) is 3.94. The van der Waals surface area contributed by atoms with E-state index in [1.807, 2.05) is 28.3 Å². The Morgan fingerprint density at radius 3 is 2.72 bits per heavy atom. The second-order valence-corrected chi connectivity index (χ2v) is 4.94. The lowest BCUT2D eigenvalue weighted by Crippen LogP contribution is -2.05. The summed E-state index contributed by atoms with van der Waals surface area (Å²) in [7, 11) is 0. The van der Waals surface area contributed by atoms with E-state index in [4.69, 9.17) is 4.74 Å². The molecule has 90 valence electrons. The lowest BCUT2D eigenvalue weighted by molar-refractivity contribution is -0.136. The van der Waals surface area contributed by atoms with Crippen molar-refractivity contribution in [1.29, 1.82) is 0 Å². The number of cyclic esters (lactones) is 1. The fourth-order valence-electron chi connectivity index (χ4n) is 2.38. The monoisotopic (exact) mass is 350 g/mol. The molecule has 3 heteroatoms. The van der Waals surface area contributed by atoms with Crippen molar-refractivity contribution in [2.75, 3.05) is 0 Å². The summed E-state index contributed by atoms with van der Waals surface area (Å²) in [5, 5.41) is 2.30. The summed E-state index contributed by atoms with van der Waals surface area (Å²) in [6.45, 7) is 0. The molecule has 2 nitrogen and oxygen atoms in total. The van der Waals surface area contributed by atoms with Crippen LogP contribution in [0.5, 0.6) is 0 Å². The summed E-state index contributed by atoms with van der Waals surface area (Å²) in [6, 6.07) is 14.2. The summed E-state index contributed by atoms with van der Waals surface area (Å²) in [6.07, 6.45) is 0.662. The molecule has 0 radical (unpaired) electrons. The molecule has 0 aliphatic carbocycles. The van der Waals surface area contributed by atoms with E-state index in [1.54, 1.807) is 0 Å². The van der Waals surface area contributed by atoms with E-state index in [0.717, 1.165) is 22.1 Å². The van der Waals surface area contributed by atoms with E-state index >= 15 is 0 Å². The quantitative estimate of drug-likeness (QED) is 0.571. The molecule has 2 aromatic rings. The summed E-state index contributed by atoms with van der Waals surface area (Å²) >= 11 is 2.11. The predicted octanol–water partition coefficient (Wildman–Crippen LogP) is 4.15. The standard InChI is InChI=1S/C15H11IO2/c16-9-11-8-14(15(17)18-11)13-7-3-5-10-4-1-2-6-12(10)13/h1-7,9,14H,8H2. The Bertz CT molecular complexity index is 640. The number of esters is 1. The minimum absolute atomic E-state index is 0.144. The van der Waals surface area contributed by atoms with Crippen LogP contribution in [0, 0.1) is 0 Å². The number of fused-ring (bicyclic) bond motifs is 1. The number of carbonyl (C=O) groups excluding carboxylic acids is 1. The van der Waals surface area contributed by atoms with Gasteiger partial charge >= 0.3 is 5.97 Å². The fourth-order valence-corrected chi connectivity index (χ4v) is 2.77. The summed E-state index contributed by atoms with van der Waals surface area (Å²) < 4.78 is 7.08. The molecule has 0 spiro atoms. The van der Waals surface area contributed by atoms with Crippen molar-refractivity contribution < 1.29 is 9.53 Å². The molecule has 2 aromatic carbocycles. The minimum atomic E-state index is -0.169. The average Bonchev–Trinajstić information content (AvgIpc) is 2.79. The molecule has 1 aliphatic rings. The van der Waals surface area contributed by atoms with E-state index in [2.05, 4.69) is 40.8 Å². The number of hydrogen-bond acceptors (Lipinski definition) is 2. The van der Waals surface area contributed by atoms with E-state index in [1.165, 1.54) is 0 Å². The Morgan fingerprint density at radius 1 is 1.17 bits per heavy atom. The number of rotatable bonds is 1. The van der Waals surface area contributed by atoms with Gasteiger partial charge in [-0.15, -0.1) is 0 Å². The molecule has 0 saturated carbocycles. The van der Waals surface area contributed by atoms with Crippen LogP contribution < -0.4 is 0 Å². The molecule has 1 heterocycles. The van der Waals surface area contributed by atoms with Crippen LogP contribution in [-0.4, -0.2) is 5.97 Å². The van der Waals surface area contributed by atoms with Gasteiger partial charge < -0.3 is 4.74 Å². The largest absolute Gasteiger partial charge is 0.430 e. The SMILES string of the molecule is O=C1OC(=CI)CC1c1cccc2ccccc12. The molecule has 1 unspecified atom stereocenters. The molecule has 1 fully saturated rings. The van der Waals surface area contributed by atoms with Gasteiger partial charge in [-0.25, -0.2) is 0 Å². The highest BCUT2D eigenvalue weighted by Crippen LogP contribution is 2.36. The van der Waals surface area contributed by atoms with E-state index in [9.17, 15) is 4.79 Å². The summed E-state index contributed by atoms with van der Waals surface area (Å²) in [5.41, 5.74) is 1.06. The van der Waals surface area contributed by atoms with Crippen molar-refractivity contribution in [3.8, 4) is 0 Å². The van der Waals surface area contributed by atoms with Crippen molar-refractivity contribution in [3.63, 3.8) is 0 Å². The molecule has 1 atom stereocenters. The molecule has 0 bridgehead atoms. The van der Waals surface area contributed by atoms with Gasteiger partial charge in [0.25, 0.3) is 0 Å². The number of carbonyl (C=O) groups is 1. The van der Waals surface area contributed by atoms with Gasteiger partial charge in [0.2, 0.25) is 0 Å². The van der Waals surface area contributed by atoms with Gasteiger partial charge in [0, 0.05) is 10.5 Å². The van der Waals surface area contributed by atoms with Gasteiger partial charge in [-0.05, 0) is 38.9 Å². The lowest BCUT2D eigenvalue weighted by atomic mass is 9.92. The smallest absolute Gasteiger partial charge is 0.318 e. The van der Waals surface area contributed by atoms with Crippen LogP contribution in [0.15, 0.2) is 52.3 Å². The van der Waals surface area contributed by atoms with Gasteiger partial charge in [0.15, 0.2) is 0 Å². The van der Waals surface area contributed by atoms with Crippen LogP contribution >= 0.6 is 22.6 Å². The first kappa shape index (κ1) is 11.7. The second kappa shape index (κ2) is 4.72. The van der Waals surface area contributed by atoms with Crippen molar-refractivity contribution in [2.45, 2.75) is 12.3 Å². The molecule has 18 heavy (non-hydrogen) atoms. The van der Waals surface area contributed by atoms with Gasteiger partial charge in [0.05, 0.1) is 5.92 Å². The first-order valence-corrected chi connectivity index (χ1v) is 7.03. The molecule has 0 amide bonds. The topological polar surface area (TPSA) is 26.3 Å².